The van der Waals surface area contributed by atoms with Crippen LogP contribution in [0.5, 0.6) is 0 Å². The van der Waals surface area contributed by atoms with E-state index < -0.39 is 12.1 Å². The van der Waals surface area contributed by atoms with Crippen molar-refractivity contribution < 1.29 is 27.3 Å². The van der Waals surface area contributed by atoms with Crippen LogP contribution < -0.4 is 5.32 Å². The van der Waals surface area contributed by atoms with Crippen LogP contribution in [0.2, 0.25) is 0 Å². The monoisotopic (exact) mass is 396 g/mol. The Morgan fingerprint density at radius 3 is 2.57 bits per heavy atom. The Hall–Kier alpha value is -3.17. The maximum Gasteiger partial charge on any atom is 0.471 e. The molecule has 1 N–H and O–H groups in total. The average Bonchev–Trinajstić information content (AvgIpc) is 3.12. The van der Waals surface area contributed by atoms with Crippen LogP contribution in [0, 0.1) is 0 Å². The first-order valence-corrected chi connectivity index (χ1v) is 8.28. The van der Waals surface area contributed by atoms with E-state index in [2.05, 4.69) is 25.1 Å². The van der Waals surface area contributed by atoms with Crippen molar-refractivity contribution in [1.29, 1.82) is 0 Å². The molecule has 150 valence electrons. The Bertz CT molecular complexity index is 854. The van der Waals surface area contributed by atoms with Gasteiger partial charge in [0.25, 0.3) is 5.91 Å². The fourth-order valence-electron chi connectivity index (χ4n) is 1.94. The molecule has 10 heteroatoms. The third-order valence-corrected chi connectivity index (χ3v) is 3.36. The van der Waals surface area contributed by atoms with Crippen LogP contribution in [0.25, 0.3) is 11.4 Å². The van der Waals surface area contributed by atoms with Gasteiger partial charge in [-0.05, 0) is 39.0 Å². The highest BCUT2D eigenvalue weighted by molar-refractivity contribution is 5.96. The number of allylic oxidation sites excluding steroid dienone is 1. The van der Waals surface area contributed by atoms with Crippen molar-refractivity contribution in [3.05, 3.63) is 47.4 Å². The molecule has 2 aromatic rings. The van der Waals surface area contributed by atoms with Crippen LogP contribution in [0.3, 0.4) is 0 Å². The number of carbonyl (C=O) groups excluding carboxylic acids is 1. The van der Waals surface area contributed by atoms with E-state index in [1.54, 1.807) is 6.92 Å². The molecule has 0 aliphatic carbocycles. The first-order chi connectivity index (χ1) is 13.2. The summed E-state index contributed by atoms with van der Waals surface area (Å²) < 4.78 is 41.7. The molecule has 1 aromatic heterocycles. The number of alkyl halides is 3. The van der Waals surface area contributed by atoms with E-state index in [1.165, 1.54) is 30.5 Å². The summed E-state index contributed by atoms with van der Waals surface area (Å²) in [5.74, 6) is -2.02. The van der Waals surface area contributed by atoms with E-state index in [9.17, 15) is 18.0 Å². The third-order valence-electron chi connectivity index (χ3n) is 3.36. The van der Waals surface area contributed by atoms with Gasteiger partial charge in [-0.25, -0.2) is 0 Å². The van der Waals surface area contributed by atoms with Crippen LogP contribution in [0.4, 0.5) is 13.2 Å². The summed E-state index contributed by atoms with van der Waals surface area (Å²) in [6.45, 7) is 5.94. The van der Waals surface area contributed by atoms with Crippen molar-refractivity contribution in [2.75, 3.05) is 6.61 Å². The van der Waals surface area contributed by atoms with Gasteiger partial charge in [-0.3, -0.25) is 4.79 Å². The second-order valence-electron chi connectivity index (χ2n) is 6.09. The van der Waals surface area contributed by atoms with Crippen LogP contribution in [0.1, 0.15) is 37.0 Å². The quantitative estimate of drug-likeness (QED) is 0.332. The first-order valence-electron chi connectivity index (χ1n) is 8.28. The molecule has 28 heavy (non-hydrogen) atoms. The lowest BCUT2D eigenvalue weighted by Gasteiger charge is -2.09. The van der Waals surface area contributed by atoms with Crippen molar-refractivity contribution in [2.45, 2.75) is 33.0 Å². The number of rotatable bonds is 7. The van der Waals surface area contributed by atoms with Gasteiger partial charge in [0.1, 0.15) is 6.61 Å². The van der Waals surface area contributed by atoms with Crippen molar-refractivity contribution in [2.24, 2.45) is 5.16 Å². The van der Waals surface area contributed by atoms with Crippen molar-refractivity contribution in [3.8, 4) is 11.4 Å². The highest BCUT2D eigenvalue weighted by atomic mass is 19.4. The normalized spacial score (nSPS) is 12.6. The number of hydrogen-bond acceptors (Lipinski definition) is 6. The van der Waals surface area contributed by atoms with Gasteiger partial charge in [0.2, 0.25) is 5.82 Å². The highest BCUT2D eigenvalue weighted by Gasteiger charge is 2.38. The highest BCUT2D eigenvalue weighted by Crippen LogP contribution is 2.29. The zero-order valence-electron chi connectivity index (χ0n) is 15.4. The molecule has 0 bridgehead atoms. The predicted molar refractivity (Wildman–Crippen MR) is 95.5 cm³/mol. The molecule has 1 atom stereocenters. The van der Waals surface area contributed by atoms with E-state index in [-0.39, 0.29) is 23.3 Å². The molecular formula is C18H19F3N4O3. The van der Waals surface area contributed by atoms with Crippen molar-refractivity contribution >= 4 is 12.1 Å². The summed E-state index contributed by atoms with van der Waals surface area (Å²) in [7, 11) is 0. The number of hydrogen-bond donors (Lipinski definition) is 1. The molecule has 1 amide bonds. The number of oxime groups is 1. The van der Waals surface area contributed by atoms with E-state index in [4.69, 9.17) is 4.84 Å². The lowest BCUT2D eigenvalue weighted by molar-refractivity contribution is -0.159. The molecule has 1 aromatic carbocycles. The zero-order valence-corrected chi connectivity index (χ0v) is 15.4. The number of aromatic nitrogens is 2. The molecule has 0 saturated heterocycles. The summed E-state index contributed by atoms with van der Waals surface area (Å²) in [5.41, 5.74) is 1.71. The summed E-state index contributed by atoms with van der Waals surface area (Å²) in [4.78, 5) is 20.5. The predicted octanol–water partition coefficient (Wildman–Crippen LogP) is 3.84. The van der Waals surface area contributed by atoms with E-state index in [1.807, 2.05) is 19.9 Å². The summed E-state index contributed by atoms with van der Waals surface area (Å²) in [6, 6.07) is 5.38. The van der Waals surface area contributed by atoms with Gasteiger partial charge in [-0.15, -0.1) is 0 Å². The average molecular weight is 396 g/mol. The SMILES string of the molecule is CC(C)=CCO/N=C/C(C)NC(=O)c1ccc(-c2noc(C(F)(F)F)n2)cc1. The minimum absolute atomic E-state index is 0.215. The number of carbonyl (C=O) groups is 1. The van der Waals surface area contributed by atoms with Crippen LogP contribution in [-0.4, -0.2) is 34.9 Å². The smallest absolute Gasteiger partial charge is 0.392 e. The summed E-state index contributed by atoms with van der Waals surface area (Å²) >= 11 is 0. The second-order valence-corrected chi connectivity index (χ2v) is 6.09. The number of benzene rings is 1. The van der Waals surface area contributed by atoms with Gasteiger partial charge >= 0.3 is 12.1 Å². The van der Waals surface area contributed by atoms with Gasteiger partial charge in [-0.2, -0.15) is 18.2 Å². The number of halogens is 3. The van der Waals surface area contributed by atoms with Crippen molar-refractivity contribution in [1.82, 2.24) is 15.5 Å². The topological polar surface area (TPSA) is 89.6 Å². The molecule has 1 unspecified atom stereocenters. The molecule has 0 aliphatic heterocycles. The molecule has 0 aliphatic rings. The molecule has 1 heterocycles. The van der Waals surface area contributed by atoms with Gasteiger partial charge in [-0.1, -0.05) is 28.0 Å². The number of nitrogens with one attached hydrogen (secondary N) is 1. The number of amides is 1. The summed E-state index contributed by atoms with van der Waals surface area (Å²) in [5, 5.41) is 9.75. The third kappa shape index (κ3) is 6.22. The molecule has 0 radical (unpaired) electrons. The van der Waals surface area contributed by atoms with Gasteiger partial charge < -0.3 is 14.7 Å². The Labute approximate surface area is 159 Å². The molecule has 0 saturated carbocycles. The maximum atomic E-state index is 12.5. The fraction of sp³-hybridized carbons (Fsp3) is 0.333. The molecule has 2 rings (SSSR count). The largest absolute Gasteiger partial charge is 0.471 e. The fourth-order valence-corrected chi connectivity index (χ4v) is 1.94. The van der Waals surface area contributed by atoms with Gasteiger partial charge in [0, 0.05) is 11.1 Å². The zero-order chi connectivity index (χ0) is 20.7. The minimum atomic E-state index is -4.71. The van der Waals surface area contributed by atoms with Crippen LogP contribution in [-0.2, 0) is 11.0 Å². The standard InChI is InChI=1S/C18H19F3N4O3/c1-11(2)8-9-27-22-10-12(3)23-16(26)14-6-4-13(5-7-14)15-24-17(28-25-15)18(19,20)21/h4-8,10,12H,9H2,1-3H3,(H,23,26)/b22-10+. The Morgan fingerprint density at radius 1 is 1.32 bits per heavy atom. The van der Waals surface area contributed by atoms with E-state index >= 15 is 0 Å². The van der Waals surface area contributed by atoms with Gasteiger partial charge in [0.05, 0.1) is 12.3 Å². The van der Waals surface area contributed by atoms with E-state index in [0.717, 1.165) is 5.57 Å². The van der Waals surface area contributed by atoms with Crippen LogP contribution in [0.15, 0.2) is 45.6 Å². The lowest BCUT2D eigenvalue weighted by Crippen LogP contribution is -2.33. The van der Waals surface area contributed by atoms with Crippen molar-refractivity contribution in [3.63, 3.8) is 0 Å². The Balaban J connectivity index is 1.93. The minimum Gasteiger partial charge on any atom is -0.392 e. The Kier molecular flexibility index (Phi) is 6.91. The lowest BCUT2D eigenvalue weighted by atomic mass is 10.1. The second kappa shape index (κ2) is 9.16. The molecule has 7 nitrogen and oxygen atoms in total. The van der Waals surface area contributed by atoms with Crippen LogP contribution >= 0.6 is 0 Å². The Morgan fingerprint density at radius 2 is 2.00 bits per heavy atom. The summed E-state index contributed by atoms with van der Waals surface area (Å²) in [6.07, 6.45) is -1.40. The first kappa shape index (κ1) is 21.1. The van der Waals surface area contributed by atoms with Gasteiger partial charge in [0.15, 0.2) is 0 Å². The number of nitrogens with zero attached hydrogens (tertiary/aromatic N) is 3. The molecule has 0 spiro atoms. The maximum absolute atomic E-state index is 12.5. The van der Waals surface area contributed by atoms with E-state index in [0.29, 0.717) is 12.2 Å². The molecule has 0 fully saturated rings. The molecular weight excluding hydrogens is 377 g/mol.